The van der Waals surface area contributed by atoms with Gasteiger partial charge in [0.1, 0.15) is 11.5 Å². The first kappa shape index (κ1) is 13.1. The summed E-state index contributed by atoms with van der Waals surface area (Å²) in [5.74, 6) is 1.17. The summed E-state index contributed by atoms with van der Waals surface area (Å²) in [6.45, 7) is 0. The van der Waals surface area contributed by atoms with E-state index in [2.05, 4.69) is 0 Å². The van der Waals surface area contributed by atoms with E-state index in [0.717, 1.165) is 30.6 Å². The molecule has 0 saturated heterocycles. The topological polar surface area (TPSA) is 35.5 Å². The summed E-state index contributed by atoms with van der Waals surface area (Å²) in [4.78, 5) is 12.0. The molecule has 0 aromatic heterocycles. The minimum atomic E-state index is -0.122. The molecule has 1 aromatic carbocycles. The molecule has 0 radical (unpaired) electrons. The number of methoxy groups -OCH3 is 2. The van der Waals surface area contributed by atoms with Gasteiger partial charge in [-0.15, -0.1) is 0 Å². The molecule has 1 aliphatic rings. The average molecular weight is 248 g/mol. The van der Waals surface area contributed by atoms with Gasteiger partial charge in [-0.1, -0.05) is 18.6 Å². The van der Waals surface area contributed by atoms with Gasteiger partial charge >= 0.3 is 0 Å². The highest BCUT2D eigenvalue weighted by atomic mass is 16.5. The fourth-order valence-corrected chi connectivity index (χ4v) is 2.66. The normalized spacial score (nSPS) is 21.7. The molecular weight excluding hydrogens is 228 g/mol. The molecule has 0 bridgehead atoms. The molecule has 98 valence electrons. The number of carbonyl (C=O) groups excluding carboxylic acids is 1. The lowest BCUT2D eigenvalue weighted by molar-refractivity contribution is -0.129. The number of ether oxygens (including phenoxy) is 2. The third-order valence-electron chi connectivity index (χ3n) is 3.67. The van der Waals surface area contributed by atoms with Gasteiger partial charge in [-0.2, -0.15) is 0 Å². The number of hydrogen-bond acceptors (Lipinski definition) is 3. The van der Waals surface area contributed by atoms with Crippen molar-refractivity contribution < 1.29 is 14.3 Å². The van der Waals surface area contributed by atoms with E-state index >= 15 is 0 Å². The number of rotatable bonds is 4. The van der Waals surface area contributed by atoms with Crippen LogP contribution in [0.4, 0.5) is 0 Å². The van der Waals surface area contributed by atoms with Crippen LogP contribution in [0.5, 0.6) is 5.75 Å². The zero-order valence-corrected chi connectivity index (χ0v) is 11.0. The van der Waals surface area contributed by atoms with E-state index in [4.69, 9.17) is 9.47 Å². The molecule has 18 heavy (non-hydrogen) atoms. The number of ketones is 1. The molecular formula is C15H20O3. The van der Waals surface area contributed by atoms with Crippen molar-refractivity contribution in [1.29, 1.82) is 0 Å². The Hall–Kier alpha value is -1.35. The van der Waals surface area contributed by atoms with E-state index in [1.807, 2.05) is 24.3 Å². The standard InChI is InChI=1S/C15H20O3/c1-17-12-9-7-11(8-10-12)15(18-2)13-5-3-4-6-14(13)16/h7-10,13,15H,3-6H2,1-2H3. The minimum Gasteiger partial charge on any atom is -0.497 e. The largest absolute Gasteiger partial charge is 0.497 e. The molecule has 1 fully saturated rings. The van der Waals surface area contributed by atoms with E-state index in [1.54, 1.807) is 14.2 Å². The van der Waals surface area contributed by atoms with Crippen LogP contribution in [0.3, 0.4) is 0 Å². The van der Waals surface area contributed by atoms with Crippen LogP contribution in [0.15, 0.2) is 24.3 Å². The summed E-state index contributed by atoms with van der Waals surface area (Å²) < 4.78 is 10.7. The summed E-state index contributed by atoms with van der Waals surface area (Å²) in [5.41, 5.74) is 1.05. The fraction of sp³-hybridized carbons (Fsp3) is 0.533. The van der Waals surface area contributed by atoms with E-state index in [9.17, 15) is 4.79 Å². The van der Waals surface area contributed by atoms with Crippen LogP contribution in [0, 0.1) is 5.92 Å². The number of hydrogen-bond donors (Lipinski definition) is 0. The van der Waals surface area contributed by atoms with Crippen LogP contribution in [-0.2, 0) is 9.53 Å². The zero-order chi connectivity index (χ0) is 13.0. The van der Waals surface area contributed by atoms with E-state index < -0.39 is 0 Å². The van der Waals surface area contributed by atoms with Gasteiger partial charge in [0.05, 0.1) is 13.2 Å². The maximum atomic E-state index is 12.0. The summed E-state index contributed by atoms with van der Waals surface area (Å²) in [5, 5.41) is 0. The molecule has 0 amide bonds. The number of carbonyl (C=O) groups is 1. The summed E-state index contributed by atoms with van der Waals surface area (Å²) in [6.07, 6.45) is 3.65. The zero-order valence-electron chi connectivity index (χ0n) is 11.0. The van der Waals surface area contributed by atoms with Gasteiger partial charge in [-0.25, -0.2) is 0 Å². The molecule has 3 nitrogen and oxygen atoms in total. The minimum absolute atomic E-state index is 0.0112. The van der Waals surface area contributed by atoms with Gasteiger partial charge < -0.3 is 9.47 Å². The van der Waals surface area contributed by atoms with Crippen molar-refractivity contribution in [3.05, 3.63) is 29.8 Å². The lowest BCUT2D eigenvalue weighted by Gasteiger charge is -2.28. The monoisotopic (exact) mass is 248 g/mol. The second kappa shape index (κ2) is 6.01. The lowest BCUT2D eigenvalue weighted by Crippen LogP contribution is -2.26. The number of Topliss-reactive ketones (excluding diaryl/α,β-unsaturated/α-hetero) is 1. The highest BCUT2D eigenvalue weighted by Gasteiger charge is 2.31. The predicted octanol–water partition coefficient (Wildman–Crippen LogP) is 3.14. The van der Waals surface area contributed by atoms with Gasteiger partial charge in [0.15, 0.2) is 0 Å². The highest BCUT2D eigenvalue weighted by Crippen LogP contribution is 2.34. The molecule has 1 saturated carbocycles. The van der Waals surface area contributed by atoms with E-state index in [0.29, 0.717) is 12.2 Å². The van der Waals surface area contributed by atoms with Crippen molar-refractivity contribution >= 4 is 5.78 Å². The third kappa shape index (κ3) is 2.72. The first-order valence-corrected chi connectivity index (χ1v) is 6.45. The van der Waals surface area contributed by atoms with Crippen LogP contribution in [0.1, 0.15) is 37.4 Å². The Morgan fingerprint density at radius 3 is 2.44 bits per heavy atom. The molecule has 1 aromatic rings. The number of benzene rings is 1. The molecule has 3 heteroatoms. The molecule has 1 aliphatic carbocycles. The van der Waals surface area contributed by atoms with Crippen LogP contribution >= 0.6 is 0 Å². The first-order valence-electron chi connectivity index (χ1n) is 6.45. The van der Waals surface area contributed by atoms with Crippen molar-refractivity contribution in [1.82, 2.24) is 0 Å². The molecule has 0 N–H and O–H groups in total. The Balaban J connectivity index is 2.18. The molecule has 0 aliphatic heterocycles. The Morgan fingerprint density at radius 2 is 1.89 bits per heavy atom. The Morgan fingerprint density at radius 1 is 1.17 bits per heavy atom. The Bertz CT molecular complexity index is 397. The Kier molecular flexibility index (Phi) is 4.37. The van der Waals surface area contributed by atoms with Crippen molar-refractivity contribution in [2.75, 3.05) is 14.2 Å². The SMILES string of the molecule is COc1ccc(C(OC)C2CCCCC2=O)cc1. The van der Waals surface area contributed by atoms with E-state index in [-0.39, 0.29) is 12.0 Å². The maximum Gasteiger partial charge on any atom is 0.138 e. The van der Waals surface area contributed by atoms with Gasteiger partial charge in [0, 0.05) is 19.4 Å². The van der Waals surface area contributed by atoms with Crippen LogP contribution < -0.4 is 4.74 Å². The summed E-state index contributed by atoms with van der Waals surface area (Å²) >= 11 is 0. The quantitative estimate of drug-likeness (QED) is 0.821. The average Bonchev–Trinajstić information content (AvgIpc) is 2.42. The van der Waals surface area contributed by atoms with Gasteiger partial charge in [-0.05, 0) is 30.5 Å². The molecule has 0 heterocycles. The van der Waals surface area contributed by atoms with Gasteiger partial charge in [0.25, 0.3) is 0 Å². The highest BCUT2D eigenvalue weighted by molar-refractivity contribution is 5.82. The molecule has 2 rings (SSSR count). The third-order valence-corrected chi connectivity index (χ3v) is 3.67. The van der Waals surface area contributed by atoms with Gasteiger partial charge in [0.2, 0.25) is 0 Å². The second-order valence-corrected chi connectivity index (χ2v) is 4.75. The smallest absolute Gasteiger partial charge is 0.138 e. The second-order valence-electron chi connectivity index (χ2n) is 4.75. The van der Waals surface area contributed by atoms with Crippen molar-refractivity contribution in [3.63, 3.8) is 0 Å². The van der Waals surface area contributed by atoms with Crippen molar-refractivity contribution in [2.45, 2.75) is 31.8 Å². The van der Waals surface area contributed by atoms with Crippen LogP contribution in [-0.4, -0.2) is 20.0 Å². The fourth-order valence-electron chi connectivity index (χ4n) is 2.66. The van der Waals surface area contributed by atoms with Crippen molar-refractivity contribution in [3.8, 4) is 5.75 Å². The van der Waals surface area contributed by atoms with Crippen LogP contribution in [0.25, 0.3) is 0 Å². The molecule has 2 atom stereocenters. The molecule has 2 unspecified atom stereocenters. The predicted molar refractivity (Wildman–Crippen MR) is 69.7 cm³/mol. The van der Waals surface area contributed by atoms with Crippen LogP contribution in [0.2, 0.25) is 0 Å². The maximum absolute atomic E-state index is 12.0. The van der Waals surface area contributed by atoms with Gasteiger partial charge in [-0.3, -0.25) is 4.79 Å². The first-order chi connectivity index (χ1) is 8.76. The Labute approximate surface area is 108 Å². The van der Waals surface area contributed by atoms with Crippen molar-refractivity contribution in [2.24, 2.45) is 5.92 Å². The lowest BCUT2D eigenvalue weighted by atomic mass is 9.81. The van der Waals surface area contributed by atoms with E-state index in [1.165, 1.54) is 0 Å². The molecule has 0 spiro atoms. The summed E-state index contributed by atoms with van der Waals surface area (Å²) in [6, 6.07) is 7.78. The summed E-state index contributed by atoms with van der Waals surface area (Å²) in [7, 11) is 3.32.